The first-order valence-electron chi connectivity index (χ1n) is 5.96. The van der Waals surface area contributed by atoms with Gasteiger partial charge in [-0.1, -0.05) is 23.4 Å². The van der Waals surface area contributed by atoms with Crippen LogP contribution in [0, 0.1) is 0 Å². The third-order valence-corrected chi connectivity index (χ3v) is 3.40. The Hall–Kier alpha value is -1.34. The van der Waals surface area contributed by atoms with E-state index >= 15 is 0 Å². The normalized spacial score (nSPS) is 10.7. The Kier molecular flexibility index (Phi) is 6.22. The van der Waals surface area contributed by atoms with Crippen molar-refractivity contribution in [1.29, 1.82) is 0 Å². The molecular formula is C12H16ClN3O3S. The molecule has 0 aliphatic heterocycles. The first-order chi connectivity index (χ1) is 9.36. The van der Waals surface area contributed by atoms with Crippen LogP contribution in [0.5, 0.6) is 0 Å². The fourth-order valence-electron chi connectivity index (χ4n) is 1.55. The smallest absolute Gasteiger partial charge is 0.305 e. The van der Waals surface area contributed by atoms with Gasteiger partial charge in [0.25, 0.3) is 5.91 Å². The van der Waals surface area contributed by atoms with Crippen molar-refractivity contribution >= 4 is 35.2 Å². The average molecular weight is 318 g/mol. The predicted octanol–water partition coefficient (Wildman–Crippen LogP) is 2.18. The van der Waals surface area contributed by atoms with Gasteiger partial charge in [0.1, 0.15) is 0 Å². The fraction of sp³-hybridized carbons (Fsp3) is 0.500. The highest BCUT2D eigenvalue weighted by molar-refractivity contribution is 7.98. The van der Waals surface area contributed by atoms with Gasteiger partial charge in [0, 0.05) is 12.6 Å². The zero-order valence-corrected chi connectivity index (χ0v) is 13.0. The summed E-state index contributed by atoms with van der Waals surface area (Å²) in [5, 5.41) is 9.35. The number of aromatic nitrogens is 2. The number of amides is 1. The largest absolute Gasteiger partial charge is 0.481 e. The van der Waals surface area contributed by atoms with Gasteiger partial charge in [0.15, 0.2) is 10.9 Å². The number of thioether (sulfide) groups is 1. The summed E-state index contributed by atoms with van der Waals surface area (Å²) < 4.78 is 0. The van der Waals surface area contributed by atoms with Crippen molar-refractivity contribution in [1.82, 2.24) is 14.9 Å². The Balaban J connectivity index is 3.02. The van der Waals surface area contributed by atoms with Crippen LogP contribution < -0.4 is 0 Å². The molecule has 0 aliphatic carbocycles. The molecule has 1 aromatic rings. The molecule has 0 unspecified atom stereocenters. The average Bonchev–Trinajstić information content (AvgIpc) is 2.38. The molecule has 0 aliphatic rings. The summed E-state index contributed by atoms with van der Waals surface area (Å²) >= 11 is 7.26. The molecule has 8 heteroatoms. The van der Waals surface area contributed by atoms with Gasteiger partial charge >= 0.3 is 5.97 Å². The van der Waals surface area contributed by atoms with Crippen LogP contribution in [0.3, 0.4) is 0 Å². The van der Waals surface area contributed by atoms with Crippen LogP contribution in [-0.4, -0.2) is 50.7 Å². The number of carboxylic acids is 1. The number of nitrogens with zero attached hydrogens (tertiary/aromatic N) is 3. The highest BCUT2D eigenvalue weighted by Crippen LogP contribution is 2.19. The molecule has 0 saturated carbocycles. The van der Waals surface area contributed by atoms with Crippen LogP contribution in [0.25, 0.3) is 0 Å². The van der Waals surface area contributed by atoms with E-state index in [1.54, 1.807) is 6.26 Å². The number of halogens is 1. The number of hydrogen-bond acceptors (Lipinski definition) is 5. The van der Waals surface area contributed by atoms with Crippen molar-refractivity contribution in [3.8, 4) is 0 Å². The maximum Gasteiger partial charge on any atom is 0.305 e. The lowest BCUT2D eigenvalue weighted by molar-refractivity contribution is -0.137. The van der Waals surface area contributed by atoms with Crippen molar-refractivity contribution < 1.29 is 14.7 Å². The number of aliphatic carboxylic acids is 1. The first-order valence-corrected chi connectivity index (χ1v) is 7.56. The number of rotatable bonds is 6. The molecule has 20 heavy (non-hydrogen) atoms. The SMILES string of the molecule is CSc1ncc(Cl)c(C(=O)N(CCC(=O)O)C(C)C)n1. The van der Waals surface area contributed by atoms with Gasteiger partial charge in [-0.3, -0.25) is 9.59 Å². The molecule has 0 aromatic carbocycles. The summed E-state index contributed by atoms with van der Waals surface area (Å²) in [5.41, 5.74) is 0.102. The van der Waals surface area contributed by atoms with Crippen molar-refractivity contribution in [2.75, 3.05) is 12.8 Å². The summed E-state index contributed by atoms with van der Waals surface area (Å²) in [7, 11) is 0. The molecule has 0 fully saturated rings. The lowest BCUT2D eigenvalue weighted by atomic mass is 10.2. The Morgan fingerprint density at radius 2 is 2.15 bits per heavy atom. The second-order valence-corrected chi connectivity index (χ2v) is 5.47. The zero-order chi connectivity index (χ0) is 15.3. The maximum absolute atomic E-state index is 12.4. The van der Waals surface area contributed by atoms with Gasteiger partial charge in [-0.25, -0.2) is 9.97 Å². The lowest BCUT2D eigenvalue weighted by Gasteiger charge is -2.26. The van der Waals surface area contributed by atoms with E-state index < -0.39 is 5.97 Å². The highest BCUT2D eigenvalue weighted by atomic mass is 35.5. The molecule has 0 atom stereocenters. The summed E-state index contributed by atoms with van der Waals surface area (Å²) in [6.45, 7) is 3.73. The Bertz CT molecular complexity index is 511. The van der Waals surface area contributed by atoms with Crippen LogP contribution in [-0.2, 0) is 4.79 Å². The van der Waals surface area contributed by atoms with Crippen molar-refractivity contribution in [2.45, 2.75) is 31.5 Å². The fourth-order valence-corrected chi connectivity index (χ4v) is 2.06. The molecule has 110 valence electrons. The van der Waals surface area contributed by atoms with E-state index in [0.717, 1.165) is 0 Å². The molecule has 1 N–H and O–H groups in total. The Morgan fingerprint density at radius 1 is 1.50 bits per heavy atom. The molecule has 0 bridgehead atoms. The van der Waals surface area contributed by atoms with Crippen molar-refractivity contribution in [3.05, 3.63) is 16.9 Å². The second kappa shape index (κ2) is 7.44. The number of carbonyl (C=O) groups excluding carboxylic acids is 1. The Labute approximate surface area is 126 Å². The summed E-state index contributed by atoms with van der Waals surface area (Å²) in [6, 6.07) is -0.148. The molecule has 1 rings (SSSR count). The van der Waals surface area contributed by atoms with E-state index in [1.165, 1.54) is 22.9 Å². The van der Waals surface area contributed by atoms with Gasteiger partial charge in [0.05, 0.1) is 17.6 Å². The van der Waals surface area contributed by atoms with Gasteiger partial charge in [-0.05, 0) is 20.1 Å². The minimum absolute atomic E-state index is 0.102. The molecule has 1 aromatic heterocycles. The Morgan fingerprint density at radius 3 is 2.65 bits per heavy atom. The van der Waals surface area contributed by atoms with E-state index in [4.69, 9.17) is 16.7 Å². The quantitative estimate of drug-likeness (QED) is 0.639. The van der Waals surface area contributed by atoms with Crippen LogP contribution in [0.2, 0.25) is 5.02 Å². The molecule has 1 amide bonds. The number of carbonyl (C=O) groups is 2. The summed E-state index contributed by atoms with van der Waals surface area (Å²) in [6.07, 6.45) is 3.05. The second-order valence-electron chi connectivity index (χ2n) is 4.29. The van der Waals surface area contributed by atoms with Crippen LogP contribution in [0.1, 0.15) is 30.8 Å². The van der Waals surface area contributed by atoms with Crippen LogP contribution >= 0.6 is 23.4 Å². The highest BCUT2D eigenvalue weighted by Gasteiger charge is 2.23. The van der Waals surface area contributed by atoms with Crippen LogP contribution in [0.4, 0.5) is 0 Å². The molecule has 0 spiro atoms. The number of carboxylic acid groups (broad SMARTS) is 1. The zero-order valence-electron chi connectivity index (χ0n) is 11.5. The van der Waals surface area contributed by atoms with Gasteiger partial charge in [-0.2, -0.15) is 0 Å². The van der Waals surface area contributed by atoms with E-state index in [9.17, 15) is 9.59 Å². The van der Waals surface area contributed by atoms with Crippen molar-refractivity contribution in [2.24, 2.45) is 0 Å². The monoisotopic (exact) mass is 317 g/mol. The standard InChI is InChI=1S/C12H16ClN3O3S/c1-7(2)16(5-4-9(17)18)11(19)10-8(13)6-14-12(15-10)20-3/h6-7H,4-5H2,1-3H3,(H,17,18). The van der Waals surface area contributed by atoms with Crippen LogP contribution in [0.15, 0.2) is 11.4 Å². The third kappa shape index (κ3) is 4.35. The predicted molar refractivity (Wildman–Crippen MR) is 77.2 cm³/mol. The van der Waals surface area contributed by atoms with Gasteiger partial charge < -0.3 is 10.0 Å². The summed E-state index contributed by atoms with van der Waals surface area (Å²) in [5.74, 6) is -1.34. The van der Waals surface area contributed by atoms with E-state index in [1.807, 2.05) is 13.8 Å². The molecule has 6 nitrogen and oxygen atoms in total. The van der Waals surface area contributed by atoms with Crippen molar-refractivity contribution in [3.63, 3.8) is 0 Å². The molecular weight excluding hydrogens is 302 g/mol. The topological polar surface area (TPSA) is 83.4 Å². The van der Waals surface area contributed by atoms with E-state index in [-0.39, 0.29) is 35.6 Å². The molecule has 0 saturated heterocycles. The molecule has 1 heterocycles. The maximum atomic E-state index is 12.4. The van der Waals surface area contributed by atoms with Gasteiger partial charge in [-0.15, -0.1) is 0 Å². The van der Waals surface area contributed by atoms with E-state index in [0.29, 0.717) is 5.16 Å². The third-order valence-electron chi connectivity index (χ3n) is 2.56. The summed E-state index contributed by atoms with van der Waals surface area (Å²) in [4.78, 5) is 32.6. The first kappa shape index (κ1) is 16.7. The van der Waals surface area contributed by atoms with Gasteiger partial charge in [0.2, 0.25) is 0 Å². The minimum Gasteiger partial charge on any atom is -0.481 e. The molecule has 0 radical (unpaired) electrons. The lowest BCUT2D eigenvalue weighted by Crippen LogP contribution is -2.39. The van der Waals surface area contributed by atoms with E-state index in [2.05, 4.69) is 9.97 Å². The minimum atomic E-state index is -0.956. The number of hydrogen-bond donors (Lipinski definition) is 1.